The summed E-state index contributed by atoms with van der Waals surface area (Å²) in [6.45, 7) is 4.96. The number of likely N-dealkylation sites (tertiary alicyclic amines) is 1. The molecule has 5 heterocycles. The van der Waals surface area contributed by atoms with Crippen molar-refractivity contribution < 1.29 is 14.1 Å². The summed E-state index contributed by atoms with van der Waals surface area (Å²) < 4.78 is 11.4. The zero-order chi connectivity index (χ0) is 19.6. The first-order chi connectivity index (χ1) is 14.1. The summed E-state index contributed by atoms with van der Waals surface area (Å²) in [5.74, 6) is 1.98. The first-order valence-electron chi connectivity index (χ1n) is 11.4. The number of anilines is 1. The van der Waals surface area contributed by atoms with Crippen LogP contribution in [0.3, 0.4) is 0 Å². The minimum absolute atomic E-state index is 0.200. The molecule has 2 saturated carbocycles. The number of aryl methyl sites for hydroxylation is 1. The molecule has 6 fully saturated rings. The fourth-order valence-corrected chi connectivity index (χ4v) is 6.54. The lowest BCUT2D eigenvalue weighted by molar-refractivity contribution is -0.0407. The molecule has 8 nitrogen and oxygen atoms in total. The van der Waals surface area contributed by atoms with Crippen LogP contribution in [-0.4, -0.2) is 64.5 Å². The van der Waals surface area contributed by atoms with E-state index in [0.717, 1.165) is 32.5 Å². The molecule has 4 aliphatic heterocycles. The lowest BCUT2D eigenvalue weighted by atomic mass is 9.80. The highest BCUT2D eigenvalue weighted by Gasteiger charge is 2.56. The van der Waals surface area contributed by atoms with Crippen molar-refractivity contribution in [2.75, 3.05) is 24.5 Å². The normalized spacial score (nSPS) is 36.9. The van der Waals surface area contributed by atoms with E-state index >= 15 is 0 Å². The maximum atomic E-state index is 12.0. The fraction of sp³-hybridized carbons (Fsp3) is 0.857. The van der Waals surface area contributed by atoms with Gasteiger partial charge in [0.2, 0.25) is 0 Å². The van der Waals surface area contributed by atoms with Gasteiger partial charge in [-0.3, -0.25) is 4.90 Å². The van der Waals surface area contributed by atoms with Gasteiger partial charge in [0.25, 0.3) is 0 Å². The van der Waals surface area contributed by atoms with Crippen molar-refractivity contribution >= 4 is 12.1 Å². The molecule has 1 aromatic rings. The molecule has 4 atom stereocenters. The van der Waals surface area contributed by atoms with Gasteiger partial charge in [0.05, 0.1) is 6.04 Å². The molecule has 29 heavy (non-hydrogen) atoms. The third kappa shape index (κ3) is 3.02. The van der Waals surface area contributed by atoms with E-state index < -0.39 is 0 Å². The smallest absolute Gasteiger partial charge is 0.408 e. The van der Waals surface area contributed by atoms with E-state index in [1.54, 1.807) is 0 Å². The maximum Gasteiger partial charge on any atom is 0.408 e. The molecular formula is C21H31N5O3. The average molecular weight is 402 g/mol. The van der Waals surface area contributed by atoms with Crippen LogP contribution in [0, 0.1) is 18.8 Å². The number of fused-ring (bicyclic) bond motifs is 4. The van der Waals surface area contributed by atoms with E-state index in [1.165, 1.54) is 38.5 Å². The Morgan fingerprint density at radius 1 is 1.14 bits per heavy atom. The first-order valence-corrected chi connectivity index (χ1v) is 11.4. The monoisotopic (exact) mass is 401 g/mol. The number of hydrogen-bond donors (Lipinski definition) is 1. The summed E-state index contributed by atoms with van der Waals surface area (Å²) in [5, 5.41) is 7.13. The van der Waals surface area contributed by atoms with E-state index in [-0.39, 0.29) is 17.7 Å². The molecular weight excluding hydrogens is 370 g/mol. The Morgan fingerprint density at radius 2 is 1.97 bits per heavy atom. The quantitative estimate of drug-likeness (QED) is 0.833. The largest absolute Gasteiger partial charge is 0.441 e. The number of carbonyl (C=O) groups excluding carboxylic acids is 1. The number of rotatable bonds is 3. The van der Waals surface area contributed by atoms with Gasteiger partial charge in [-0.15, -0.1) is 0 Å². The molecule has 1 amide bonds. The van der Waals surface area contributed by atoms with Crippen molar-refractivity contribution in [3.63, 3.8) is 0 Å². The van der Waals surface area contributed by atoms with Gasteiger partial charge >= 0.3 is 12.1 Å². The van der Waals surface area contributed by atoms with Gasteiger partial charge < -0.3 is 19.5 Å². The Hall–Kier alpha value is -1.83. The van der Waals surface area contributed by atoms with Crippen LogP contribution < -0.4 is 10.2 Å². The van der Waals surface area contributed by atoms with Crippen LogP contribution in [0.4, 0.5) is 10.8 Å². The molecule has 2 aliphatic carbocycles. The average Bonchev–Trinajstić information content (AvgIpc) is 3.47. The fourth-order valence-electron chi connectivity index (χ4n) is 6.54. The van der Waals surface area contributed by atoms with Gasteiger partial charge in [-0.25, -0.2) is 4.79 Å². The molecule has 7 rings (SSSR count). The number of piperidine rings is 2. The van der Waals surface area contributed by atoms with E-state index in [4.69, 9.17) is 9.26 Å². The van der Waals surface area contributed by atoms with Gasteiger partial charge in [-0.05, 0) is 50.9 Å². The van der Waals surface area contributed by atoms with Crippen molar-refractivity contribution in [3.8, 4) is 0 Å². The molecule has 8 heteroatoms. The van der Waals surface area contributed by atoms with Crippen LogP contribution >= 0.6 is 0 Å². The van der Waals surface area contributed by atoms with Gasteiger partial charge in [-0.1, -0.05) is 11.6 Å². The molecule has 158 valence electrons. The van der Waals surface area contributed by atoms with Crippen molar-refractivity contribution in [2.45, 2.75) is 82.0 Å². The van der Waals surface area contributed by atoms with Crippen molar-refractivity contribution in [2.24, 2.45) is 11.8 Å². The first kappa shape index (κ1) is 18.0. The van der Waals surface area contributed by atoms with Gasteiger partial charge in [0, 0.05) is 44.6 Å². The van der Waals surface area contributed by atoms with E-state index in [0.29, 0.717) is 35.8 Å². The summed E-state index contributed by atoms with van der Waals surface area (Å²) >= 11 is 0. The summed E-state index contributed by atoms with van der Waals surface area (Å²) in [5.41, 5.74) is -0.258. The van der Waals surface area contributed by atoms with Gasteiger partial charge in [0.1, 0.15) is 5.60 Å². The van der Waals surface area contributed by atoms with Gasteiger partial charge in [0.15, 0.2) is 5.82 Å². The Bertz CT molecular complexity index is 785. The number of nitrogens with one attached hydrogen (secondary N) is 1. The molecule has 4 unspecified atom stereocenters. The molecule has 0 aromatic carbocycles. The van der Waals surface area contributed by atoms with E-state index in [1.807, 2.05) is 6.92 Å². The second-order valence-electron chi connectivity index (χ2n) is 9.87. The number of carbonyl (C=O) groups is 1. The number of amides is 1. The highest BCUT2D eigenvalue weighted by molar-refractivity contribution is 5.71. The molecule has 1 aromatic heterocycles. The van der Waals surface area contributed by atoms with E-state index in [2.05, 4.69) is 25.3 Å². The molecule has 2 bridgehead atoms. The predicted molar refractivity (Wildman–Crippen MR) is 106 cm³/mol. The van der Waals surface area contributed by atoms with Crippen LogP contribution in [0.1, 0.15) is 57.2 Å². The number of aromatic nitrogens is 2. The summed E-state index contributed by atoms with van der Waals surface area (Å²) in [4.78, 5) is 21.6. The highest BCUT2D eigenvalue weighted by Crippen LogP contribution is 2.47. The van der Waals surface area contributed by atoms with Crippen molar-refractivity contribution in [1.82, 2.24) is 20.4 Å². The summed E-state index contributed by atoms with van der Waals surface area (Å²) in [6, 6.07) is 2.04. The molecule has 0 radical (unpaired) electrons. The van der Waals surface area contributed by atoms with Crippen LogP contribution in [-0.2, 0) is 4.74 Å². The minimum Gasteiger partial charge on any atom is -0.441 e. The third-order valence-corrected chi connectivity index (χ3v) is 8.15. The van der Waals surface area contributed by atoms with Crippen molar-refractivity contribution in [3.05, 3.63) is 5.82 Å². The lowest BCUT2D eigenvalue weighted by Gasteiger charge is -2.49. The third-order valence-electron chi connectivity index (χ3n) is 8.15. The summed E-state index contributed by atoms with van der Waals surface area (Å²) in [7, 11) is 0. The van der Waals surface area contributed by atoms with Crippen LogP contribution in [0.25, 0.3) is 0 Å². The van der Waals surface area contributed by atoms with Crippen molar-refractivity contribution in [1.29, 1.82) is 0 Å². The molecule has 1 spiro atoms. The van der Waals surface area contributed by atoms with Crippen LogP contribution in [0.5, 0.6) is 0 Å². The molecule has 4 saturated heterocycles. The zero-order valence-corrected chi connectivity index (χ0v) is 17.2. The molecule has 1 N–H and O–H groups in total. The number of hydrogen-bond acceptors (Lipinski definition) is 7. The Morgan fingerprint density at radius 3 is 2.69 bits per heavy atom. The van der Waals surface area contributed by atoms with Crippen LogP contribution in [0.2, 0.25) is 0 Å². The number of nitrogens with zero attached hydrogens (tertiary/aromatic N) is 4. The van der Waals surface area contributed by atoms with Crippen LogP contribution in [0.15, 0.2) is 4.52 Å². The highest BCUT2D eigenvalue weighted by atomic mass is 16.6. The Labute approximate surface area is 171 Å². The number of ether oxygens (including phenoxy) is 1. The predicted octanol–water partition coefficient (Wildman–Crippen LogP) is 2.48. The van der Waals surface area contributed by atoms with E-state index in [9.17, 15) is 4.79 Å². The zero-order valence-electron chi connectivity index (χ0n) is 17.2. The number of alkyl carbamates (subject to hydrolysis) is 1. The van der Waals surface area contributed by atoms with Gasteiger partial charge in [-0.2, -0.15) is 4.98 Å². The lowest BCUT2D eigenvalue weighted by Crippen LogP contribution is -2.59. The molecule has 6 aliphatic rings. The Balaban J connectivity index is 1.15. The summed E-state index contributed by atoms with van der Waals surface area (Å²) in [6.07, 6.45) is 9.12. The maximum absolute atomic E-state index is 12.0. The topological polar surface area (TPSA) is 83.7 Å². The minimum atomic E-state index is -0.258. The SMILES string of the molecule is Cc1noc(N2CC3CCCC2CC3N2CCC3(CC2)OC(=O)NC3C2CC2)n1. The Kier molecular flexibility index (Phi) is 4.08. The standard InChI is InChI=1S/C21H31N5O3/c1-13-22-19(29-24-13)26-12-15-3-2-4-16(26)11-17(15)25-9-7-21(8-10-25)18(14-5-6-14)23-20(27)28-21/h14-18H,2-12H2,1H3,(H,23,27). The second kappa shape index (κ2) is 6.59. The second-order valence-corrected chi connectivity index (χ2v) is 9.87.